The molecule has 0 bridgehead atoms. The minimum Gasteiger partial charge on any atom is -0.303 e. The Bertz CT molecular complexity index is 273. The van der Waals surface area contributed by atoms with Crippen molar-refractivity contribution in [2.45, 2.75) is 37.6 Å². The summed E-state index contributed by atoms with van der Waals surface area (Å²) in [6, 6.07) is 11.3. The molecule has 1 rings (SSSR count). The Morgan fingerprint density at radius 1 is 1.25 bits per heavy atom. The molecule has 0 fully saturated rings. The molecule has 16 heavy (non-hydrogen) atoms. The quantitative estimate of drug-likeness (QED) is 0.662. The lowest BCUT2D eigenvalue weighted by molar-refractivity contribution is 0.259. The molecule has 0 N–H and O–H groups in total. The molecule has 0 saturated heterocycles. The van der Waals surface area contributed by atoms with Crippen molar-refractivity contribution in [2.75, 3.05) is 19.3 Å². The highest BCUT2D eigenvalue weighted by Crippen LogP contribution is 2.17. The summed E-state index contributed by atoms with van der Waals surface area (Å²) < 4.78 is 0. The van der Waals surface area contributed by atoms with Gasteiger partial charge in [-0.15, -0.1) is 11.8 Å². The molecule has 0 amide bonds. The fourth-order valence-electron chi connectivity index (χ4n) is 1.68. The van der Waals surface area contributed by atoms with E-state index in [0.717, 1.165) is 0 Å². The average molecular weight is 237 g/mol. The van der Waals surface area contributed by atoms with Gasteiger partial charge in [0.15, 0.2) is 0 Å². The molecule has 1 unspecified atom stereocenters. The molecule has 0 radical (unpaired) electrons. The lowest BCUT2D eigenvalue weighted by Gasteiger charge is -2.23. The van der Waals surface area contributed by atoms with Gasteiger partial charge in [0.2, 0.25) is 0 Å². The predicted octanol–water partition coefficient (Wildman–Crippen LogP) is 3.90. The first-order valence-corrected chi connectivity index (χ1v) is 7.10. The fraction of sp³-hybridized carbons (Fsp3) is 0.571. The molecule has 1 aromatic carbocycles. The molecule has 1 atom stereocenters. The number of benzene rings is 1. The molecule has 0 aliphatic rings. The van der Waals surface area contributed by atoms with Gasteiger partial charge in [0.25, 0.3) is 0 Å². The van der Waals surface area contributed by atoms with Crippen LogP contribution in [0.3, 0.4) is 0 Å². The number of hydrogen-bond donors (Lipinski definition) is 0. The van der Waals surface area contributed by atoms with Gasteiger partial charge in [0.1, 0.15) is 0 Å². The van der Waals surface area contributed by atoms with Crippen LogP contribution in [0.25, 0.3) is 0 Å². The molecule has 0 aliphatic carbocycles. The molecule has 1 nitrogen and oxygen atoms in total. The van der Waals surface area contributed by atoms with Crippen LogP contribution in [0.4, 0.5) is 0 Å². The largest absolute Gasteiger partial charge is 0.303 e. The summed E-state index contributed by atoms with van der Waals surface area (Å²) in [4.78, 5) is 3.83. The summed E-state index contributed by atoms with van der Waals surface area (Å²) in [5, 5.41) is 0. The van der Waals surface area contributed by atoms with Crippen LogP contribution in [0.5, 0.6) is 0 Å². The SMILES string of the molecule is CCCC(C)N(C)CCSc1ccccc1. The molecule has 0 saturated carbocycles. The fourth-order valence-corrected chi connectivity index (χ4v) is 2.65. The van der Waals surface area contributed by atoms with E-state index in [4.69, 9.17) is 0 Å². The van der Waals surface area contributed by atoms with E-state index in [1.165, 1.54) is 30.0 Å². The molecule has 0 heterocycles. The van der Waals surface area contributed by atoms with E-state index >= 15 is 0 Å². The van der Waals surface area contributed by atoms with Gasteiger partial charge in [-0.1, -0.05) is 31.5 Å². The third-order valence-corrected chi connectivity index (χ3v) is 3.91. The second-order valence-corrected chi connectivity index (χ2v) is 5.45. The Kier molecular flexibility index (Phi) is 6.58. The van der Waals surface area contributed by atoms with Crippen LogP contribution >= 0.6 is 11.8 Å². The van der Waals surface area contributed by atoms with Crippen molar-refractivity contribution >= 4 is 11.8 Å². The normalized spacial score (nSPS) is 13.0. The Morgan fingerprint density at radius 3 is 2.56 bits per heavy atom. The molecule has 90 valence electrons. The van der Waals surface area contributed by atoms with Crippen molar-refractivity contribution in [2.24, 2.45) is 0 Å². The van der Waals surface area contributed by atoms with Gasteiger partial charge >= 0.3 is 0 Å². The van der Waals surface area contributed by atoms with E-state index in [0.29, 0.717) is 6.04 Å². The van der Waals surface area contributed by atoms with Gasteiger partial charge in [0.05, 0.1) is 0 Å². The van der Waals surface area contributed by atoms with Gasteiger partial charge in [-0.2, -0.15) is 0 Å². The van der Waals surface area contributed by atoms with E-state index in [2.05, 4.69) is 56.1 Å². The summed E-state index contributed by atoms with van der Waals surface area (Å²) in [6.07, 6.45) is 2.57. The van der Waals surface area contributed by atoms with E-state index in [-0.39, 0.29) is 0 Å². The summed E-state index contributed by atoms with van der Waals surface area (Å²) in [6.45, 7) is 5.74. The zero-order valence-corrected chi connectivity index (χ0v) is 11.5. The minimum atomic E-state index is 0.710. The number of thioether (sulfide) groups is 1. The van der Waals surface area contributed by atoms with E-state index in [1.807, 2.05) is 11.8 Å². The second-order valence-electron chi connectivity index (χ2n) is 4.28. The van der Waals surface area contributed by atoms with Crippen LogP contribution in [0.1, 0.15) is 26.7 Å². The maximum Gasteiger partial charge on any atom is 0.0108 e. The molecule has 0 spiro atoms. The Balaban J connectivity index is 2.20. The smallest absolute Gasteiger partial charge is 0.0108 e. The van der Waals surface area contributed by atoms with Gasteiger partial charge in [-0.05, 0) is 32.5 Å². The highest BCUT2D eigenvalue weighted by molar-refractivity contribution is 7.99. The Morgan fingerprint density at radius 2 is 1.94 bits per heavy atom. The summed E-state index contributed by atoms with van der Waals surface area (Å²) in [5.74, 6) is 1.18. The van der Waals surface area contributed by atoms with Crippen LogP contribution in [0, 0.1) is 0 Å². The highest BCUT2D eigenvalue weighted by atomic mass is 32.2. The zero-order valence-electron chi connectivity index (χ0n) is 10.6. The zero-order chi connectivity index (χ0) is 11.8. The monoisotopic (exact) mass is 237 g/mol. The van der Waals surface area contributed by atoms with Crippen molar-refractivity contribution in [1.29, 1.82) is 0 Å². The molecular formula is C14H23NS. The highest BCUT2D eigenvalue weighted by Gasteiger charge is 2.07. The van der Waals surface area contributed by atoms with Crippen molar-refractivity contribution in [3.8, 4) is 0 Å². The summed E-state index contributed by atoms with van der Waals surface area (Å²) in [5.41, 5.74) is 0. The maximum atomic E-state index is 2.46. The molecule has 2 heteroatoms. The van der Waals surface area contributed by atoms with Crippen molar-refractivity contribution in [3.05, 3.63) is 30.3 Å². The number of hydrogen-bond acceptors (Lipinski definition) is 2. The van der Waals surface area contributed by atoms with Gasteiger partial charge < -0.3 is 4.90 Å². The Hall–Kier alpha value is -0.470. The van der Waals surface area contributed by atoms with Crippen LogP contribution in [-0.2, 0) is 0 Å². The standard InChI is InChI=1S/C14H23NS/c1-4-8-13(2)15(3)11-12-16-14-9-6-5-7-10-14/h5-7,9-10,13H,4,8,11-12H2,1-3H3. The van der Waals surface area contributed by atoms with Crippen LogP contribution in [0.2, 0.25) is 0 Å². The van der Waals surface area contributed by atoms with E-state index in [1.54, 1.807) is 0 Å². The molecule has 0 aromatic heterocycles. The first-order chi connectivity index (χ1) is 7.74. The molecule has 1 aromatic rings. The van der Waals surface area contributed by atoms with Crippen molar-refractivity contribution < 1.29 is 0 Å². The third kappa shape index (κ3) is 5.04. The van der Waals surface area contributed by atoms with E-state index < -0.39 is 0 Å². The second kappa shape index (κ2) is 7.75. The van der Waals surface area contributed by atoms with Gasteiger partial charge in [-0.3, -0.25) is 0 Å². The predicted molar refractivity (Wildman–Crippen MR) is 74.2 cm³/mol. The molecular weight excluding hydrogens is 214 g/mol. The van der Waals surface area contributed by atoms with Crippen LogP contribution in [0.15, 0.2) is 35.2 Å². The lowest BCUT2D eigenvalue weighted by atomic mass is 10.2. The van der Waals surface area contributed by atoms with Crippen LogP contribution < -0.4 is 0 Å². The molecule has 0 aliphatic heterocycles. The number of nitrogens with zero attached hydrogens (tertiary/aromatic N) is 1. The number of rotatable bonds is 7. The van der Waals surface area contributed by atoms with Gasteiger partial charge in [0, 0.05) is 23.2 Å². The third-order valence-electron chi connectivity index (χ3n) is 2.91. The topological polar surface area (TPSA) is 3.24 Å². The summed E-state index contributed by atoms with van der Waals surface area (Å²) >= 11 is 1.94. The maximum absolute atomic E-state index is 2.46. The first-order valence-electron chi connectivity index (χ1n) is 6.12. The van der Waals surface area contributed by atoms with E-state index in [9.17, 15) is 0 Å². The van der Waals surface area contributed by atoms with Crippen molar-refractivity contribution in [1.82, 2.24) is 4.90 Å². The Labute approximate surface area is 104 Å². The average Bonchev–Trinajstić information content (AvgIpc) is 2.30. The lowest BCUT2D eigenvalue weighted by Crippen LogP contribution is -2.30. The summed E-state index contributed by atoms with van der Waals surface area (Å²) in [7, 11) is 2.23. The van der Waals surface area contributed by atoms with Gasteiger partial charge in [-0.25, -0.2) is 0 Å². The first kappa shape index (κ1) is 13.6. The minimum absolute atomic E-state index is 0.710. The van der Waals surface area contributed by atoms with Crippen LogP contribution in [-0.4, -0.2) is 30.3 Å². The van der Waals surface area contributed by atoms with Crippen molar-refractivity contribution in [3.63, 3.8) is 0 Å².